The van der Waals surface area contributed by atoms with Crippen LogP contribution in [0.5, 0.6) is 0 Å². The second kappa shape index (κ2) is 4.90. The molecule has 0 bridgehead atoms. The van der Waals surface area contributed by atoms with E-state index >= 15 is 0 Å². The normalized spacial score (nSPS) is 11.8. The molecule has 1 unspecified atom stereocenters. The summed E-state index contributed by atoms with van der Waals surface area (Å²) < 4.78 is 13.7. The predicted molar refractivity (Wildman–Crippen MR) is 50.9 cm³/mol. The van der Waals surface area contributed by atoms with Gasteiger partial charge >= 0.3 is 0 Å². The standard InChI is InChI=1S/C9H7BrFNO/c10-8-3-1-7(2-4-8)5-9(11)12-6-13/h1-4,9H,5H2. The van der Waals surface area contributed by atoms with Crippen LogP contribution in [-0.4, -0.2) is 12.4 Å². The maximum absolute atomic E-state index is 12.7. The molecule has 0 amide bonds. The highest BCUT2D eigenvalue weighted by Gasteiger charge is 2.04. The minimum atomic E-state index is -1.49. The van der Waals surface area contributed by atoms with E-state index in [9.17, 15) is 9.18 Å². The molecule has 0 spiro atoms. The molecule has 1 aromatic rings. The third-order valence-corrected chi connectivity index (χ3v) is 2.04. The van der Waals surface area contributed by atoms with E-state index in [1.807, 2.05) is 12.1 Å². The Labute approximate surface area is 83.6 Å². The van der Waals surface area contributed by atoms with Crippen molar-refractivity contribution in [3.05, 3.63) is 34.3 Å². The second-order valence-electron chi connectivity index (χ2n) is 2.49. The van der Waals surface area contributed by atoms with E-state index in [1.165, 1.54) is 6.08 Å². The summed E-state index contributed by atoms with van der Waals surface area (Å²) >= 11 is 3.26. The van der Waals surface area contributed by atoms with Gasteiger partial charge in [0.05, 0.1) is 0 Å². The van der Waals surface area contributed by atoms with Gasteiger partial charge in [-0.3, -0.25) is 0 Å². The first-order chi connectivity index (χ1) is 6.22. The topological polar surface area (TPSA) is 29.4 Å². The summed E-state index contributed by atoms with van der Waals surface area (Å²) in [5.74, 6) is 0. The number of aliphatic imine (C=N–C) groups is 1. The lowest BCUT2D eigenvalue weighted by molar-refractivity contribution is 0.344. The number of benzene rings is 1. The van der Waals surface area contributed by atoms with Gasteiger partial charge in [0.2, 0.25) is 12.4 Å². The van der Waals surface area contributed by atoms with Crippen molar-refractivity contribution in [1.82, 2.24) is 0 Å². The number of isocyanates is 1. The van der Waals surface area contributed by atoms with Crippen molar-refractivity contribution in [1.29, 1.82) is 0 Å². The van der Waals surface area contributed by atoms with E-state index < -0.39 is 6.30 Å². The highest BCUT2D eigenvalue weighted by molar-refractivity contribution is 9.10. The van der Waals surface area contributed by atoms with E-state index in [2.05, 4.69) is 20.9 Å². The van der Waals surface area contributed by atoms with Crippen molar-refractivity contribution < 1.29 is 9.18 Å². The fraction of sp³-hybridized carbons (Fsp3) is 0.222. The summed E-state index contributed by atoms with van der Waals surface area (Å²) in [5.41, 5.74) is 0.801. The molecule has 4 heteroatoms. The van der Waals surface area contributed by atoms with Gasteiger partial charge < -0.3 is 0 Å². The molecule has 13 heavy (non-hydrogen) atoms. The van der Waals surface area contributed by atoms with Gasteiger partial charge in [-0.05, 0) is 17.7 Å². The predicted octanol–water partition coefficient (Wildman–Crippen LogP) is 2.62. The number of hydrogen-bond donors (Lipinski definition) is 0. The summed E-state index contributed by atoms with van der Waals surface area (Å²) in [6.45, 7) is 0. The summed E-state index contributed by atoms with van der Waals surface area (Å²) in [6, 6.07) is 7.17. The first-order valence-electron chi connectivity index (χ1n) is 3.68. The zero-order valence-corrected chi connectivity index (χ0v) is 8.29. The van der Waals surface area contributed by atoms with Crippen LogP contribution in [0.25, 0.3) is 0 Å². The zero-order chi connectivity index (χ0) is 9.68. The summed E-state index contributed by atoms with van der Waals surface area (Å²) in [6.07, 6.45) is -0.184. The minimum absolute atomic E-state index is 0.114. The van der Waals surface area contributed by atoms with Gasteiger partial charge in [-0.2, -0.15) is 4.99 Å². The maximum atomic E-state index is 12.7. The molecule has 0 saturated carbocycles. The van der Waals surface area contributed by atoms with Crippen LogP contribution in [0.4, 0.5) is 4.39 Å². The van der Waals surface area contributed by atoms with Gasteiger partial charge in [0, 0.05) is 10.9 Å². The Morgan fingerprint density at radius 3 is 2.62 bits per heavy atom. The molecule has 0 saturated heterocycles. The first kappa shape index (κ1) is 10.1. The maximum Gasteiger partial charge on any atom is 0.237 e. The molecule has 2 nitrogen and oxygen atoms in total. The van der Waals surface area contributed by atoms with Crippen molar-refractivity contribution >= 4 is 22.0 Å². The summed E-state index contributed by atoms with van der Waals surface area (Å²) in [4.78, 5) is 12.7. The Bertz CT molecular complexity index is 319. The average Bonchev–Trinajstić information content (AvgIpc) is 2.09. The van der Waals surface area contributed by atoms with Crippen molar-refractivity contribution in [3.8, 4) is 0 Å². The molecule has 68 valence electrons. The Balaban J connectivity index is 2.64. The van der Waals surface area contributed by atoms with Crippen molar-refractivity contribution in [2.45, 2.75) is 12.7 Å². The van der Waals surface area contributed by atoms with Gasteiger partial charge in [0.15, 0.2) is 0 Å². The third kappa shape index (κ3) is 3.49. The highest BCUT2D eigenvalue weighted by Crippen LogP contribution is 2.12. The van der Waals surface area contributed by atoms with Crippen LogP contribution in [0.2, 0.25) is 0 Å². The molecule has 0 heterocycles. The van der Waals surface area contributed by atoms with E-state index in [0.29, 0.717) is 0 Å². The number of nitrogens with zero attached hydrogens (tertiary/aromatic N) is 1. The molecule has 1 aromatic carbocycles. The number of halogens is 2. The first-order valence-corrected chi connectivity index (χ1v) is 4.47. The lowest BCUT2D eigenvalue weighted by atomic mass is 10.1. The highest BCUT2D eigenvalue weighted by atomic mass is 79.9. The molecule has 0 aliphatic rings. The zero-order valence-electron chi connectivity index (χ0n) is 6.71. The molecule has 0 N–H and O–H groups in total. The largest absolute Gasteiger partial charge is 0.237 e. The van der Waals surface area contributed by atoms with Crippen LogP contribution in [0.3, 0.4) is 0 Å². The van der Waals surface area contributed by atoms with E-state index in [0.717, 1.165) is 10.0 Å². The van der Waals surface area contributed by atoms with Gasteiger partial charge in [-0.1, -0.05) is 28.1 Å². The SMILES string of the molecule is O=C=NC(F)Cc1ccc(Br)cc1. The summed E-state index contributed by atoms with van der Waals surface area (Å²) in [7, 11) is 0. The minimum Gasteiger partial charge on any atom is -0.221 e. The van der Waals surface area contributed by atoms with E-state index in [1.54, 1.807) is 12.1 Å². The Morgan fingerprint density at radius 2 is 2.08 bits per heavy atom. The smallest absolute Gasteiger partial charge is 0.221 e. The Kier molecular flexibility index (Phi) is 3.80. The average molecular weight is 244 g/mol. The van der Waals surface area contributed by atoms with Crippen molar-refractivity contribution in [3.63, 3.8) is 0 Å². The molecule has 0 aliphatic carbocycles. The molecule has 0 aromatic heterocycles. The molecule has 0 radical (unpaired) electrons. The second-order valence-corrected chi connectivity index (χ2v) is 3.40. The van der Waals surface area contributed by atoms with Crippen LogP contribution < -0.4 is 0 Å². The van der Waals surface area contributed by atoms with Crippen molar-refractivity contribution in [2.75, 3.05) is 0 Å². The van der Waals surface area contributed by atoms with Crippen LogP contribution in [0.1, 0.15) is 5.56 Å². The molecule has 0 fully saturated rings. The van der Waals surface area contributed by atoms with Gasteiger partial charge in [0.25, 0.3) is 0 Å². The lowest BCUT2D eigenvalue weighted by Crippen LogP contribution is -2.00. The van der Waals surface area contributed by atoms with Crippen LogP contribution >= 0.6 is 15.9 Å². The van der Waals surface area contributed by atoms with Crippen LogP contribution in [0, 0.1) is 0 Å². The fourth-order valence-electron chi connectivity index (χ4n) is 0.918. The number of carbonyl (C=O) groups excluding carboxylic acids is 1. The lowest BCUT2D eigenvalue weighted by Gasteiger charge is -2.00. The summed E-state index contributed by atoms with van der Waals surface area (Å²) in [5, 5.41) is 0. The van der Waals surface area contributed by atoms with E-state index in [-0.39, 0.29) is 6.42 Å². The molecular weight excluding hydrogens is 237 g/mol. The quantitative estimate of drug-likeness (QED) is 0.456. The van der Waals surface area contributed by atoms with Gasteiger partial charge in [0.1, 0.15) is 0 Å². The Hall–Kier alpha value is -0.990. The molecule has 1 atom stereocenters. The van der Waals surface area contributed by atoms with E-state index in [4.69, 9.17) is 0 Å². The van der Waals surface area contributed by atoms with Crippen LogP contribution in [-0.2, 0) is 11.2 Å². The fourth-order valence-corrected chi connectivity index (χ4v) is 1.18. The van der Waals surface area contributed by atoms with Crippen molar-refractivity contribution in [2.24, 2.45) is 4.99 Å². The number of rotatable bonds is 3. The monoisotopic (exact) mass is 243 g/mol. The number of hydrogen-bond acceptors (Lipinski definition) is 2. The molecule has 0 aliphatic heterocycles. The van der Waals surface area contributed by atoms with Crippen LogP contribution in [0.15, 0.2) is 33.7 Å². The third-order valence-electron chi connectivity index (χ3n) is 1.51. The molecule has 1 rings (SSSR count). The number of alkyl halides is 1. The Morgan fingerprint density at radius 1 is 1.46 bits per heavy atom. The molecular formula is C9H7BrFNO. The van der Waals surface area contributed by atoms with Gasteiger partial charge in [-0.25, -0.2) is 9.18 Å². The van der Waals surface area contributed by atoms with Gasteiger partial charge in [-0.15, -0.1) is 0 Å².